The van der Waals surface area contributed by atoms with E-state index in [0.717, 1.165) is 29.7 Å². The molecule has 1 aromatic heterocycles. The third-order valence-electron chi connectivity index (χ3n) is 4.54. The summed E-state index contributed by atoms with van der Waals surface area (Å²) in [5.74, 6) is 2.79. The molecule has 0 amide bonds. The molecule has 3 heteroatoms. The predicted molar refractivity (Wildman–Crippen MR) is 90.6 cm³/mol. The van der Waals surface area contributed by atoms with Gasteiger partial charge in [-0.1, -0.05) is 52.9 Å². The third kappa shape index (κ3) is 3.61. The van der Waals surface area contributed by atoms with Gasteiger partial charge in [-0.25, -0.2) is 4.98 Å². The maximum Gasteiger partial charge on any atom is 0.127 e. The highest BCUT2D eigenvalue weighted by Crippen LogP contribution is 2.34. The Hall–Kier alpha value is -0.990. The van der Waals surface area contributed by atoms with E-state index in [1.165, 1.54) is 32.1 Å². The molecule has 0 bridgehead atoms. The van der Waals surface area contributed by atoms with Crippen LogP contribution in [0.5, 0.6) is 0 Å². The van der Waals surface area contributed by atoms with E-state index in [-0.39, 0.29) is 11.0 Å². The Kier molecular flexibility index (Phi) is 4.41. The number of imidazole rings is 1. The van der Waals surface area contributed by atoms with Crippen molar-refractivity contribution in [2.45, 2.75) is 91.0 Å². The van der Waals surface area contributed by atoms with Gasteiger partial charge < -0.3 is 10.3 Å². The first-order chi connectivity index (χ1) is 9.60. The van der Waals surface area contributed by atoms with E-state index in [1.807, 2.05) is 0 Å². The molecule has 1 aromatic rings. The highest BCUT2D eigenvalue weighted by Gasteiger charge is 2.31. The SMILES string of the molecule is CC(C)(C)c1nc(CC2CCCCC2)c(N)n1C(C)(C)C. The molecular weight excluding hydrogens is 258 g/mol. The van der Waals surface area contributed by atoms with Crippen molar-refractivity contribution in [3.63, 3.8) is 0 Å². The first-order valence-corrected chi connectivity index (χ1v) is 8.49. The molecule has 0 unspecified atom stereocenters. The van der Waals surface area contributed by atoms with E-state index in [0.29, 0.717) is 0 Å². The lowest BCUT2D eigenvalue weighted by Gasteiger charge is -2.29. The number of aromatic nitrogens is 2. The summed E-state index contributed by atoms with van der Waals surface area (Å²) in [6.07, 6.45) is 7.88. The second kappa shape index (κ2) is 5.66. The van der Waals surface area contributed by atoms with Crippen molar-refractivity contribution in [1.82, 2.24) is 9.55 Å². The smallest absolute Gasteiger partial charge is 0.127 e. The Morgan fingerprint density at radius 1 is 1.05 bits per heavy atom. The van der Waals surface area contributed by atoms with Crippen molar-refractivity contribution in [3.05, 3.63) is 11.5 Å². The second-order valence-corrected chi connectivity index (χ2v) is 8.73. The Labute approximate surface area is 130 Å². The predicted octanol–water partition coefficient (Wildman–Crippen LogP) is 4.64. The van der Waals surface area contributed by atoms with Gasteiger partial charge in [-0.2, -0.15) is 0 Å². The average Bonchev–Trinajstić information content (AvgIpc) is 2.68. The standard InChI is InChI=1S/C18H33N3/c1-17(2,3)16-20-14(12-13-10-8-7-9-11-13)15(19)21(16)18(4,5)6/h13H,7-12,19H2,1-6H3. The summed E-state index contributed by atoms with van der Waals surface area (Å²) in [5, 5.41) is 0. The van der Waals surface area contributed by atoms with Gasteiger partial charge in [-0.05, 0) is 33.1 Å². The molecule has 1 saturated carbocycles. The van der Waals surface area contributed by atoms with Gasteiger partial charge in [0.25, 0.3) is 0 Å². The molecule has 0 atom stereocenters. The minimum absolute atomic E-state index is 0.0201. The number of hydrogen-bond acceptors (Lipinski definition) is 2. The van der Waals surface area contributed by atoms with Gasteiger partial charge in [-0.3, -0.25) is 0 Å². The van der Waals surface area contributed by atoms with Gasteiger partial charge in [0.05, 0.1) is 5.69 Å². The first kappa shape index (κ1) is 16.4. The fourth-order valence-corrected chi connectivity index (χ4v) is 3.48. The normalized spacial score (nSPS) is 18.2. The van der Waals surface area contributed by atoms with Crippen molar-refractivity contribution in [2.24, 2.45) is 5.92 Å². The summed E-state index contributed by atoms with van der Waals surface area (Å²) in [7, 11) is 0. The number of rotatable bonds is 2. The zero-order valence-electron chi connectivity index (χ0n) is 14.8. The minimum atomic E-state index is -0.0233. The Morgan fingerprint density at radius 3 is 2.05 bits per heavy atom. The molecule has 1 aliphatic carbocycles. The van der Waals surface area contributed by atoms with Crippen LogP contribution in [0.3, 0.4) is 0 Å². The van der Waals surface area contributed by atoms with Crippen LogP contribution in [-0.2, 0) is 17.4 Å². The van der Waals surface area contributed by atoms with Gasteiger partial charge in [0.1, 0.15) is 11.6 Å². The fraction of sp³-hybridized carbons (Fsp3) is 0.833. The molecule has 0 spiro atoms. The Balaban J connectivity index is 2.36. The molecule has 21 heavy (non-hydrogen) atoms. The molecule has 3 nitrogen and oxygen atoms in total. The minimum Gasteiger partial charge on any atom is -0.384 e. The Morgan fingerprint density at radius 2 is 1.62 bits per heavy atom. The molecule has 0 saturated heterocycles. The topological polar surface area (TPSA) is 43.8 Å². The van der Waals surface area contributed by atoms with Crippen molar-refractivity contribution in [3.8, 4) is 0 Å². The molecule has 0 aliphatic heterocycles. The van der Waals surface area contributed by atoms with Crippen molar-refractivity contribution in [2.75, 3.05) is 5.73 Å². The summed E-state index contributed by atoms with van der Waals surface area (Å²) >= 11 is 0. The van der Waals surface area contributed by atoms with E-state index in [2.05, 4.69) is 46.1 Å². The molecule has 0 aromatic carbocycles. The number of nitrogens with zero attached hydrogens (tertiary/aromatic N) is 2. The van der Waals surface area contributed by atoms with E-state index in [4.69, 9.17) is 10.7 Å². The van der Waals surface area contributed by atoms with Crippen molar-refractivity contribution < 1.29 is 0 Å². The molecule has 120 valence electrons. The van der Waals surface area contributed by atoms with Crippen molar-refractivity contribution in [1.29, 1.82) is 0 Å². The van der Waals surface area contributed by atoms with Crippen LogP contribution in [0, 0.1) is 5.92 Å². The summed E-state index contributed by atoms with van der Waals surface area (Å²) in [5.41, 5.74) is 7.63. The lowest BCUT2D eigenvalue weighted by Crippen LogP contribution is -2.30. The van der Waals surface area contributed by atoms with E-state index in [1.54, 1.807) is 0 Å². The summed E-state index contributed by atoms with van der Waals surface area (Å²) in [4.78, 5) is 4.98. The van der Waals surface area contributed by atoms with Gasteiger partial charge in [0.15, 0.2) is 0 Å². The quantitative estimate of drug-likeness (QED) is 0.862. The van der Waals surface area contributed by atoms with E-state index < -0.39 is 0 Å². The van der Waals surface area contributed by atoms with E-state index in [9.17, 15) is 0 Å². The van der Waals surface area contributed by atoms with Crippen molar-refractivity contribution >= 4 is 5.82 Å². The molecule has 2 N–H and O–H groups in total. The molecule has 1 fully saturated rings. The lowest BCUT2D eigenvalue weighted by atomic mass is 9.86. The van der Waals surface area contributed by atoms with Gasteiger partial charge in [0, 0.05) is 11.0 Å². The van der Waals surface area contributed by atoms with Crippen LogP contribution in [0.4, 0.5) is 5.82 Å². The molecule has 1 aliphatic rings. The highest BCUT2D eigenvalue weighted by atomic mass is 15.2. The average molecular weight is 291 g/mol. The van der Waals surface area contributed by atoms with Crippen LogP contribution in [-0.4, -0.2) is 9.55 Å². The van der Waals surface area contributed by atoms with Crippen LogP contribution >= 0.6 is 0 Å². The molecule has 2 rings (SSSR count). The molecule has 1 heterocycles. The first-order valence-electron chi connectivity index (χ1n) is 8.49. The number of anilines is 1. The van der Waals surface area contributed by atoms with Crippen LogP contribution < -0.4 is 5.73 Å². The number of nitrogen functional groups attached to an aromatic ring is 1. The van der Waals surface area contributed by atoms with Gasteiger partial charge >= 0.3 is 0 Å². The number of nitrogens with two attached hydrogens (primary N) is 1. The summed E-state index contributed by atoms with van der Waals surface area (Å²) in [6.45, 7) is 13.3. The lowest BCUT2D eigenvalue weighted by molar-refractivity contribution is 0.354. The van der Waals surface area contributed by atoms with Gasteiger partial charge in [0.2, 0.25) is 0 Å². The maximum absolute atomic E-state index is 6.50. The number of hydrogen-bond donors (Lipinski definition) is 1. The zero-order chi connectivity index (χ0) is 15.8. The summed E-state index contributed by atoms with van der Waals surface area (Å²) < 4.78 is 2.26. The van der Waals surface area contributed by atoms with Crippen LogP contribution in [0.15, 0.2) is 0 Å². The zero-order valence-corrected chi connectivity index (χ0v) is 14.8. The maximum atomic E-state index is 6.50. The summed E-state index contributed by atoms with van der Waals surface area (Å²) in [6, 6.07) is 0. The fourth-order valence-electron chi connectivity index (χ4n) is 3.48. The highest BCUT2D eigenvalue weighted by molar-refractivity contribution is 5.41. The van der Waals surface area contributed by atoms with E-state index >= 15 is 0 Å². The Bertz CT molecular complexity index is 480. The monoisotopic (exact) mass is 291 g/mol. The van der Waals surface area contributed by atoms with Crippen LogP contribution in [0.25, 0.3) is 0 Å². The molecular formula is C18H33N3. The van der Waals surface area contributed by atoms with Crippen LogP contribution in [0.1, 0.15) is 85.2 Å². The largest absolute Gasteiger partial charge is 0.384 e. The second-order valence-electron chi connectivity index (χ2n) is 8.73. The molecule has 0 radical (unpaired) electrons. The van der Waals surface area contributed by atoms with Gasteiger partial charge in [-0.15, -0.1) is 0 Å². The van der Waals surface area contributed by atoms with Crippen LogP contribution in [0.2, 0.25) is 0 Å². The third-order valence-corrected chi connectivity index (χ3v) is 4.54.